The topological polar surface area (TPSA) is 12.0 Å². The summed E-state index contributed by atoms with van der Waals surface area (Å²) in [6.45, 7) is 4.57. The zero-order valence-electron chi connectivity index (χ0n) is 10.8. The summed E-state index contributed by atoms with van der Waals surface area (Å²) in [5.41, 5.74) is 0.459. The van der Waals surface area contributed by atoms with Gasteiger partial charge in [0.1, 0.15) is 0 Å². The van der Waals surface area contributed by atoms with Crippen LogP contribution in [0.25, 0.3) is 0 Å². The second-order valence-corrected chi connectivity index (χ2v) is 6.10. The molecular weight excluding hydrogens is 269 g/mol. The highest BCUT2D eigenvalue weighted by molar-refractivity contribution is 7.99. The van der Waals surface area contributed by atoms with E-state index in [0.717, 1.165) is 18.7 Å². The lowest BCUT2D eigenvalue weighted by atomic mass is 9.89. The number of rotatable bonds is 5. The Morgan fingerprint density at radius 2 is 2.33 bits per heavy atom. The zero-order valence-corrected chi connectivity index (χ0v) is 12.4. The summed E-state index contributed by atoms with van der Waals surface area (Å²) in [5.74, 6) is 1.08. The molecule has 4 heteroatoms. The van der Waals surface area contributed by atoms with Crippen LogP contribution in [0.1, 0.15) is 25.0 Å². The first kappa shape index (κ1) is 14.2. The lowest BCUT2D eigenvalue weighted by Gasteiger charge is -2.31. The van der Waals surface area contributed by atoms with Crippen molar-refractivity contribution >= 4 is 23.4 Å². The van der Waals surface area contributed by atoms with E-state index >= 15 is 4.39 Å². The Hall–Kier alpha value is -0.250. The normalized spacial score (nSPS) is 19.3. The zero-order chi connectivity index (χ0) is 13.2. The molecule has 2 rings (SSSR count). The molecule has 0 bridgehead atoms. The van der Waals surface area contributed by atoms with Crippen LogP contribution >= 0.6 is 23.4 Å². The Bertz CT molecular complexity index is 426. The van der Waals surface area contributed by atoms with Gasteiger partial charge in [0, 0.05) is 16.7 Å². The summed E-state index contributed by atoms with van der Waals surface area (Å²) in [6, 6.07) is 5.62. The molecule has 100 valence electrons. The summed E-state index contributed by atoms with van der Waals surface area (Å²) in [7, 11) is 0. The lowest BCUT2D eigenvalue weighted by Crippen LogP contribution is -2.45. The van der Waals surface area contributed by atoms with Crippen molar-refractivity contribution in [2.24, 2.45) is 0 Å². The molecule has 1 aliphatic heterocycles. The van der Waals surface area contributed by atoms with Crippen LogP contribution in [0.4, 0.5) is 4.39 Å². The first-order valence-corrected chi connectivity index (χ1v) is 7.88. The van der Waals surface area contributed by atoms with Crippen LogP contribution in [0.3, 0.4) is 0 Å². The van der Waals surface area contributed by atoms with Gasteiger partial charge in [-0.15, -0.1) is 23.4 Å². The van der Waals surface area contributed by atoms with Crippen LogP contribution in [0, 0.1) is 0 Å². The summed E-state index contributed by atoms with van der Waals surface area (Å²) in [5, 5.41) is 3.14. The van der Waals surface area contributed by atoms with Crippen molar-refractivity contribution in [3.8, 4) is 0 Å². The van der Waals surface area contributed by atoms with Crippen LogP contribution < -0.4 is 5.32 Å². The number of fused-ring (bicyclic) bond motifs is 1. The second kappa shape index (κ2) is 5.81. The van der Waals surface area contributed by atoms with Gasteiger partial charge in [0.2, 0.25) is 0 Å². The van der Waals surface area contributed by atoms with E-state index in [1.165, 1.54) is 10.5 Å². The predicted molar refractivity (Wildman–Crippen MR) is 77.5 cm³/mol. The van der Waals surface area contributed by atoms with Gasteiger partial charge < -0.3 is 5.32 Å². The van der Waals surface area contributed by atoms with E-state index < -0.39 is 5.67 Å². The number of thioether (sulfide) groups is 1. The highest BCUT2D eigenvalue weighted by atomic mass is 35.5. The van der Waals surface area contributed by atoms with Gasteiger partial charge in [-0.25, -0.2) is 4.39 Å². The van der Waals surface area contributed by atoms with E-state index in [-0.39, 0.29) is 11.9 Å². The number of hydrogen-bond acceptors (Lipinski definition) is 2. The molecule has 0 fully saturated rings. The molecule has 0 aliphatic carbocycles. The first-order valence-electron chi connectivity index (χ1n) is 6.36. The Kier molecular flexibility index (Phi) is 4.57. The minimum atomic E-state index is -1.50. The van der Waals surface area contributed by atoms with Gasteiger partial charge in [0.15, 0.2) is 5.67 Å². The lowest BCUT2D eigenvalue weighted by molar-refractivity contribution is 0.140. The van der Waals surface area contributed by atoms with E-state index in [2.05, 4.69) is 5.32 Å². The van der Waals surface area contributed by atoms with Crippen molar-refractivity contribution < 1.29 is 4.39 Å². The fourth-order valence-electron chi connectivity index (χ4n) is 2.36. The van der Waals surface area contributed by atoms with E-state index in [1.807, 2.05) is 43.8 Å². The van der Waals surface area contributed by atoms with Gasteiger partial charge in [-0.2, -0.15) is 0 Å². The average Bonchev–Trinajstić information content (AvgIpc) is 2.85. The number of likely N-dealkylation sites (N-methyl/N-ethyl adjacent to an activating group) is 1. The van der Waals surface area contributed by atoms with Crippen LogP contribution in [0.15, 0.2) is 23.1 Å². The quantitative estimate of drug-likeness (QED) is 0.828. The third kappa shape index (κ3) is 2.54. The molecule has 0 saturated heterocycles. The number of aryl methyl sites for hydroxylation is 1. The molecule has 2 atom stereocenters. The molecule has 0 spiro atoms. The fourth-order valence-corrected chi connectivity index (χ4v) is 3.79. The standard InChI is InChI=1S/C14H19ClFNS/c1-3-17-10(2)14(16,9-15)12-4-5-13-11(8-12)6-7-18-13/h4-5,8,10,17H,3,6-7,9H2,1-2H3. The monoisotopic (exact) mass is 287 g/mol. The maximum atomic E-state index is 15.1. The van der Waals surface area contributed by atoms with Crippen LogP contribution in [0.5, 0.6) is 0 Å². The summed E-state index contributed by atoms with van der Waals surface area (Å²) < 4.78 is 15.1. The number of alkyl halides is 2. The molecule has 2 unspecified atom stereocenters. The van der Waals surface area contributed by atoms with E-state index in [0.29, 0.717) is 5.56 Å². The Balaban J connectivity index is 2.32. The smallest absolute Gasteiger partial charge is 0.164 e. The second-order valence-electron chi connectivity index (χ2n) is 4.70. The number of benzene rings is 1. The Labute approximate surface area is 117 Å². The Morgan fingerprint density at radius 3 is 3.00 bits per heavy atom. The van der Waals surface area contributed by atoms with Crippen molar-refractivity contribution in [3.05, 3.63) is 29.3 Å². The highest BCUT2D eigenvalue weighted by Gasteiger charge is 2.37. The van der Waals surface area contributed by atoms with E-state index in [9.17, 15) is 0 Å². The van der Waals surface area contributed by atoms with Crippen molar-refractivity contribution in [2.45, 2.75) is 36.9 Å². The minimum absolute atomic E-state index is 0.0207. The fraction of sp³-hybridized carbons (Fsp3) is 0.571. The molecule has 18 heavy (non-hydrogen) atoms. The maximum absolute atomic E-state index is 15.1. The van der Waals surface area contributed by atoms with Crippen LogP contribution in [-0.4, -0.2) is 24.2 Å². The molecule has 0 saturated carbocycles. The van der Waals surface area contributed by atoms with Crippen LogP contribution in [-0.2, 0) is 12.1 Å². The molecule has 1 aliphatic rings. The van der Waals surface area contributed by atoms with E-state index in [1.54, 1.807) is 0 Å². The molecule has 0 amide bonds. The largest absolute Gasteiger partial charge is 0.311 e. The van der Waals surface area contributed by atoms with Gasteiger partial charge in [-0.1, -0.05) is 19.1 Å². The summed E-state index contributed by atoms with van der Waals surface area (Å²) >= 11 is 7.75. The predicted octanol–water partition coefficient (Wildman–Crippen LogP) is 3.74. The van der Waals surface area contributed by atoms with Gasteiger partial charge in [-0.3, -0.25) is 0 Å². The van der Waals surface area contributed by atoms with Crippen molar-refractivity contribution in [1.82, 2.24) is 5.32 Å². The first-order chi connectivity index (χ1) is 8.61. The summed E-state index contributed by atoms with van der Waals surface area (Å²) in [4.78, 5) is 1.28. The molecular formula is C14H19ClFNS. The third-order valence-corrected chi connectivity index (χ3v) is 5.07. The van der Waals surface area contributed by atoms with Gasteiger partial charge in [0.05, 0.1) is 5.88 Å². The van der Waals surface area contributed by atoms with E-state index in [4.69, 9.17) is 11.6 Å². The van der Waals surface area contributed by atoms with Crippen molar-refractivity contribution in [2.75, 3.05) is 18.2 Å². The molecule has 1 aromatic carbocycles. The number of hydrogen-bond donors (Lipinski definition) is 1. The highest BCUT2D eigenvalue weighted by Crippen LogP contribution is 2.37. The number of nitrogens with one attached hydrogen (secondary N) is 1. The maximum Gasteiger partial charge on any atom is 0.164 e. The van der Waals surface area contributed by atoms with Gasteiger partial charge in [-0.05, 0) is 37.1 Å². The molecule has 0 radical (unpaired) electrons. The number of halogens is 2. The minimum Gasteiger partial charge on any atom is -0.311 e. The molecule has 1 nitrogen and oxygen atoms in total. The van der Waals surface area contributed by atoms with Crippen molar-refractivity contribution in [3.63, 3.8) is 0 Å². The molecule has 1 N–H and O–H groups in total. The van der Waals surface area contributed by atoms with Crippen LogP contribution in [0.2, 0.25) is 0 Å². The third-order valence-electron chi connectivity index (χ3n) is 3.56. The SMILES string of the molecule is CCNC(C)C(F)(CCl)c1ccc2c(c1)CCS2. The molecule has 0 aromatic heterocycles. The average molecular weight is 288 g/mol. The Morgan fingerprint density at radius 1 is 1.56 bits per heavy atom. The van der Waals surface area contributed by atoms with Gasteiger partial charge >= 0.3 is 0 Å². The molecule has 1 heterocycles. The van der Waals surface area contributed by atoms with Gasteiger partial charge in [0.25, 0.3) is 0 Å². The van der Waals surface area contributed by atoms with Crippen molar-refractivity contribution in [1.29, 1.82) is 0 Å². The molecule has 1 aromatic rings. The summed E-state index contributed by atoms with van der Waals surface area (Å²) in [6.07, 6.45) is 1.03.